The molecule has 0 bridgehead atoms. The van der Waals surface area contributed by atoms with Crippen molar-refractivity contribution in [2.45, 2.75) is 40.3 Å². The van der Waals surface area contributed by atoms with Crippen molar-refractivity contribution >= 4 is 22.4 Å². The van der Waals surface area contributed by atoms with Gasteiger partial charge in [0.25, 0.3) is 5.91 Å². The minimum atomic E-state index is -0.214. The minimum Gasteiger partial charge on any atom is -0.375 e. The summed E-state index contributed by atoms with van der Waals surface area (Å²) in [5, 5.41) is 9.46. The Morgan fingerprint density at radius 1 is 1.55 bits per heavy atom. The number of nitrogens with one attached hydrogen (secondary N) is 1. The van der Waals surface area contributed by atoms with Gasteiger partial charge in [0, 0.05) is 23.2 Å². The lowest BCUT2D eigenvalue weighted by molar-refractivity contribution is 0.0935. The van der Waals surface area contributed by atoms with Gasteiger partial charge in [-0.3, -0.25) is 9.48 Å². The van der Waals surface area contributed by atoms with Gasteiger partial charge in [0.2, 0.25) is 0 Å². The highest BCUT2D eigenvalue weighted by molar-refractivity contribution is 7.13. The first-order valence-electron chi connectivity index (χ1n) is 6.49. The molecular weight excluding hydrogens is 274 g/mol. The Labute approximate surface area is 122 Å². The molecule has 0 fully saturated rings. The van der Waals surface area contributed by atoms with E-state index in [2.05, 4.69) is 15.4 Å². The number of carbonyl (C=O) groups is 1. The topological polar surface area (TPSA) is 85.8 Å². The average Bonchev–Trinajstić information content (AvgIpc) is 2.93. The number of nitrogens with two attached hydrogens (primary N) is 1. The second kappa shape index (κ2) is 5.62. The number of hydrogen-bond donors (Lipinski definition) is 2. The van der Waals surface area contributed by atoms with E-state index in [4.69, 9.17) is 5.73 Å². The van der Waals surface area contributed by atoms with E-state index in [9.17, 15) is 4.79 Å². The lowest BCUT2D eigenvalue weighted by Crippen LogP contribution is -2.27. The summed E-state index contributed by atoms with van der Waals surface area (Å²) in [5.41, 5.74) is 8.98. The highest BCUT2D eigenvalue weighted by atomic mass is 32.1. The number of anilines is 1. The predicted octanol–water partition coefficient (Wildman–Crippen LogP) is 2.05. The van der Waals surface area contributed by atoms with Gasteiger partial charge >= 0.3 is 0 Å². The van der Waals surface area contributed by atoms with Gasteiger partial charge in [-0.25, -0.2) is 4.98 Å². The van der Waals surface area contributed by atoms with Crippen molar-refractivity contribution in [1.82, 2.24) is 20.1 Å². The van der Waals surface area contributed by atoms with Crippen LogP contribution in [-0.4, -0.2) is 20.7 Å². The van der Waals surface area contributed by atoms with E-state index in [1.54, 1.807) is 5.38 Å². The smallest absolute Gasteiger partial charge is 0.271 e. The molecule has 6 nitrogen and oxygen atoms in total. The molecule has 20 heavy (non-hydrogen) atoms. The first kappa shape index (κ1) is 14.5. The van der Waals surface area contributed by atoms with Gasteiger partial charge in [-0.1, -0.05) is 0 Å². The van der Waals surface area contributed by atoms with Gasteiger partial charge in [0.05, 0.1) is 11.7 Å². The molecule has 0 aliphatic rings. The minimum absolute atomic E-state index is 0.120. The van der Waals surface area contributed by atoms with Gasteiger partial charge in [-0.2, -0.15) is 5.10 Å². The third-order valence-electron chi connectivity index (χ3n) is 3.27. The zero-order chi connectivity index (χ0) is 14.9. The lowest BCUT2D eigenvalue weighted by Gasteiger charge is -2.14. The van der Waals surface area contributed by atoms with Crippen molar-refractivity contribution in [1.29, 1.82) is 0 Å². The van der Waals surface area contributed by atoms with Crippen LogP contribution in [0.3, 0.4) is 0 Å². The van der Waals surface area contributed by atoms with Gasteiger partial charge < -0.3 is 11.1 Å². The number of nitrogens with zero attached hydrogens (tertiary/aromatic N) is 3. The van der Waals surface area contributed by atoms with Gasteiger partial charge in [-0.05, 0) is 27.7 Å². The number of thiazole rings is 1. The molecule has 1 atom stereocenters. The van der Waals surface area contributed by atoms with E-state index in [1.807, 2.05) is 32.4 Å². The monoisotopic (exact) mass is 293 g/mol. The Morgan fingerprint density at radius 3 is 2.75 bits per heavy atom. The molecule has 0 radical (unpaired) electrons. The molecule has 0 saturated heterocycles. The van der Waals surface area contributed by atoms with Crippen LogP contribution in [0.15, 0.2) is 5.38 Å². The highest BCUT2D eigenvalue weighted by Gasteiger charge is 2.20. The summed E-state index contributed by atoms with van der Waals surface area (Å²) >= 11 is 1.26. The lowest BCUT2D eigenvalue weighted by atomic mass is 10.1. The van der Waals surface area contributed by atoms with Crippen molar-refractivity contribution in [2.24, 2.45) is 0 Å². The molecule has 2 aromatic heterocycles. The molecule has 1 unspecified atom stereocenters. The zero-order valence-electron chi connectivity index (χ0n) is 12.1. The molecule has 1 amide bonds. The number of hydrogen-bond acceptors (Lipinski definition) is 5. The second-order valence-electron chi connectivity index (χ2n) is 4.67. The molecule has 0 aromatic carbocycles. The fourth-order valence-electron chi connectivity index (χ4n) is 2.38. The molecule has 0 spiro atoms. The summed E-state index contributed by atoms with van der Waals surface area (Å²) in [6.07, 6.45) is 0. The van der Waals surface area contributed by atoms with Crippen LogP contribution in [-0.2, 0) is 6.54 Å². The van der Waals surface area contributed by atoms with E-state index < -0.39 is 0 Å². The molecule has 3 N–H and O–H groups in total. The zero-order valence-corrected chi connectivity index (χ0v) is 12.9. The third-order valence-corrected chi connectivity index (χ3v) is 3.95. The molecule has 2 heterocycles. The van der Waals surface area contributed by atoms with E-state index in [0.717, 1.165) is 23.5 Å². The van der Waals surface area contributed by atoms with Crippen LogP contribution in [0.1, 0.15) is 47.3 Å². The number of aromatic nitrogens is 3. The SMILES string of the molecule is CCn1nc(C)c(C(C)NC(=O)c2csc(N)n2)c1C. The number of nitrogen functional groups attached to an aromatic ring is 1. The third kappa shape index (κ3) is 2.67. The molecule has 108 valence electrons. The summed E-state index contributed by atoms with van der Waals surface area (Å²) < 4.78 is 1.94. The van der Waals surface area contributed by atoms with Crippen LogP contribution < -0.4 is 11.1 Å². The normalized spacial score (nSPS) is 12.4. The van der Waals surface area contributed by atoms with Gasteiger partial charge in [-0.15, -0.1) is 11.3 Å². The standard InChI is InChI=1S/C13H19N5OS/c1-5-18-9(4)11(8(3)17-18)7(2)15-12(19)10-6-20-13(14)16-10/h6-7H,5H2,1-4H3,(H2,14,16)(H,15,19). The second-order valence-corrected chi connectivity index (χ2v) is 5.56. The molecule has 0 aliphatic carbocycles. The van der Waals surface area contributed by atoms with Crippen molar-refractivity contribution in [3.63, 3.8) is 0 Å². The summed E-state index contributed by atoms with van der Waals surface area (Å²) in [7, 11) is 0. The Bertz CT molecular complexity index is 631. The molecule has 0 aliphatic heterocycles. The molecule has 2 rings (SSSR count). The largest absolute Gasteiger partial charge is 0.375 e. The summed E-state index contributed by atoms with van der Waals surface area (Å²) in [6, 6.07) is -0.120. The van der Waals surface area contributed by atoms with Crippen LogP contribution in [0, 0.1) is 13.8 Å². The number of rotatable bonds is 4. The fraction of sp³-hybridized carbons (Fsp3) is 0.462. The van der Waals surface area contributed by atoms with E-state index in [0.29, 0.717) is 10.8 Å². The summed E-state index contributed by atoms with van der Waals surface area (Å²) in [4.78, 5) is 16.1. The van der Waals surface area contributed by atoms with E-state index >= 15 is 0 Å². The van der Waals surface area contributed by atoms with E-state index in [1.165, 1.54) is 11.3 Å². The predicted molar refractivity (Wildman–Crippen MR) is 79.8 cm³/mol. The average molecular weight is 293 g/mol. The van der Waals surface area contributed by atoms with Crippen molar-refractivity contribution in [3.8, 4) is 0 Å². The highest BCUT2D eigenvalue weighted by Crippen LogP contribution is 2.22. The van der Waals surface area contributed by atoms with Gasteiger partial charge in [0.15, 0.2) is 5.13 Å². The maximum absolute atomic E-state index is 12.1. The summed E-state index contributed by atoms with van der Waals surface area (Å²) in [6.45, 7) is 8.78. The Kier molecular flexibility index (Phi) is 4.08. The van der Waals surface area contributed by atoms with E-state index in [-0.39, 0.29) is 11.9 Å². The van der Waals surface area contributed by atoms with Crippen LogP contribution in [0.4, 0.5) is 5.13 Å². The van der Waals surface area contributed by atoms with Crippen molar-refractivity contribution in [3.05, 3.63) is 28.0 Å². The van der Waals surface area contributed by atoms with Crippen molar-refractivity contribution < 1.29 is 4.79 Å². The van der Waals surface area contributed by atoms with Crippen molar-refractivity contribution in [2.75, 3.05) is 5.73 Å². The summed E-state index contributed by atoms with van der Waals surface area (Å²) in [5.74, 6) is -0.214. The van der Waals surface area contributed by atoms with Crippen LogP contribution in [0.2, 0.25) is 0 Å². The Morgan fingerprint density at radius 2 is 2.25 bits per heavy atom. The Hall–Kier alpha value is -1.89. The first-order chi connectivity index (χ1) is 9.43. The van der Waals surface area contributed by atoms with Crippen LogP contribution in [0.5, 0.6) is 0 Å². The number of carbonyl (C=O) groups excluding carboxylic acids is 1. The molecule has 2 aromatic rings. The molecule has 0 saturated carbocycles. The van der Waals surface area contributed by atoms with Crippen LogP contribution in [0.25, 0.3) is 0 Å². The molecule has 7 heteroatoms. The van der Waals surface area contributed by atoms with Crippen LogP contribution >= 0.6 is 11.3 Å². The molecular formula is C13H19N5OS. The maximum Gasteiger partial charge on any atom is 0.271 e. The van der Waals surface area contributed by atoms with Gasteiger partial charge in [0.1, 0.15) is 5.69 Å². The maximum atomic E-state index is 12.1. The fourth-order valence-corrected chi connectivity index (χ4v) is 2.92. The quantitative estimate of drug-likeness (QED) is 0.903. The Balaban J connectivity index is 2.18. The first-order valence-corrected chi connectivity index (χ1v) is 7.37. The number of amides is 1. The number of aryl methyl sites for hydroxylation is 2.